The van der Waals surface area contributed by atoms with Gasteiger partial charge in [-0.05, 0) is 24.0 Å². The first-order chi connectivity index (χ1) is 8.16. The number of nitrogens with one attached hydrogen (secondary N) is 1. The fourth-order valence-corrected chi connectivity index (χ4v) is 1.31. The maximum absolute atomic E-state index is 11.2. The molecule has 0 unspecified atom stereocenters. The normalized spacial score (nSPS) is 14.8. The van der Waals surface area contributed by atoms with Crippen LogP contribution in [0.1, 0.15) is 28.8 Å². The molecule has 0 heterocycles. The highest BCUT2D eigenvalue weighted by Gasteiger charge is 2.29. The van der Waals surface area contributed by atoms with Gasteiger partial charge < -0.3 is 9.90 Å². The van der Waals surface area contributed by atoms with E-state index in [4.69, 9.17) is 0 Å². The van der Waals surface area contributed by atoms with Crippen LogP contribution in [-0.4, -0.2) is 18.1 Å². The zero-order valence-electron chi connectivity index (χ0n) is 9.05. The third-order valence-electron chi connectivity index (χ3n) is 2.48. The summed E-state index contributed by atoms with van der Waals surface area (Å²) in [5.74, 6) is -1.16. The van der Waals surface area contributed by atoms with Gasteiger partial charge in [0.15, 0.2) is 0 Å². The summed E-state index contributed by atoms with van der Waals surface area (Å²) in [7, 11) is 0. The van der Waals surface area contributed by atoms with E-state index in [-0.39, 0.29) is 17.4 Å². The number of benzene rings is 1. The van der Waals surface area contributed by atoms with Crippen molar-refractivity contribution in [3.05, 3.63) is 35.4 Å². The van der Waals surface area contributed by atoms with E-state index in [9.17, 15) is 14.7 Å². The van der Waals surface area contributed by atoms with E-state index in [0.717, 1.165) is 12.8 Å². The monoisotopic (exact) mass is 231 g/mol. The number of hydrogen-bond donors (Lipinski definition) is 1. The number of nitrogens with zero attached hydrogens (tertiary/aromatic N) is 1. The van der Waals surface area contributed by atoms with Crippen LogP contribution in [0.15, 0.2) is 29.4 Å². The van der Waals surface area contributed by atoms with Crippen molar-refractivity contribution in [2.24, 2.45) is 11.0 Å². The van der Waals surface area contributed by atoms with E-state index in [1.807, 2.05) is 0 Å². The number of hydrazone groups is 1. The molecule has 0 atom stereocenters. The molecule has 1 N–H and O–H groups in total. The minimum Gasteiger partial charge on any atom is -0.545 e. The lowest BCUT2D eigenvalue weighted by molar-refractivity contribution is -0.255. The molecule has 1 aromatic carbocycles. The Labute approximate surface area is 98.1 Å². The van der Waals surface area contributed by atoms with Gasteiger partial charge in [0.1, 0.15) is 0 Å². The van der Waals surface area contributed by atoms with Crippen LogP contribution >= 0.6 is 0 Å². The van der Waals surface area contributed by atoms with Gasteiger partial charge in [0.25, 0.3) is 0 Å². The zero-order chi connectivity index (χ0) is 12.3. The minimum absolute atomic E-state index is 0.0624. The lowest BCUT2D eigenvalue weighted by Gasteiger charge is -2.01. The first kappa shape index (κ1) is 11.3. The smallest absolute Gasteiger partial charge is 0.243 e. The number of carboxylic acid groups (broad SMARTS) is 1. The first-order valence-corrected chi connectivity index (χ1v) is 5.31. The first-order valence-electron chi connectivity index (χ1n) is 5.31. The summed E-state index contributed by atoms with van der Waals surface area (Å²) in [6.45, 7) is 0. The van der Waals surface area contributed by atoms with Crippen molar-refractivity contribution in [1.29, 1.82) is 0 Å². The lowest BCUT2D eigenvalue weighted by Crippen LogP contribution is -2.22. The summed E-state index contributed by atoms with van der Waals surface area (Å²) in [6, 6.07) is 6.05. The van der Waals surface area contributed by atoms with Crippen molar-refractivity contribution in [3.8, 4) is 0 Å². The number of carbonyl (C=O) groups excluding carboxylic acids is 2. The average molecular weight is 231 g/mol. The molecular weight excluding hydrogens is 220 g/mol. The Hall–Kier alpha value is -2.17. The number of aromatic carboxylic acids is 1. The molecule has 1 aliphatic carbocycles. The number of rotatable bonds is 4. The second-order valence-electron chi connectivity index (χ2n) is 3.92. The number of carboxylic acids is 1. The van der Waals surface area contributed by atoms with Crippen molar-refractivity contribution >= 4 is 18.1 Å². The molecule has 5 heteroatoms. The van der Waals surface area contributed by atoms with Crippen molar-refractivity contribution in [3.63, 3.8) is 0 Å². The molecule has 0 radical (unpaired) electrons. The Morgan fingerprint density at radius 2 is 1.94 bits per heavy atom. The Morgan fingerprint density at radius 3 is 2.47 bits per heavy atom. The second kappa shape index (κ2) is 4.78. The molecule has 1 saturated carbocycles. The average Bonchev–Trinajstić information content (AvgIpc) is 3.13. The van der Waals surface area contributed by atoms with Gasteiger partial charge in [0.05, 0.1) is 12.2 Å². The van der Waals surface area contributed by atoms with Gasteiger partial charge in [-0.1, -0.05) is 24.3 Å². The third kappa shape index (κ3) is 3.14. The predicted octanol–water partition coefficient (Wildman–Crippen LogP) is -0.0898. The maximum atomic E-state index is 11.2. The molecule has 1 fully saturated rings. The van der Waals surface area contributed by atoms with Crippen LogP contribution in [0.25, 0.3) is 0 Å². The fourth-order valence-electron chi connectivity index (χ4n) is 1.31. The lowest BCUT2D eigenvalue weighted by atomic mass is 10.1. The van der Waals surface area contributed by atoms with E-state index < -0.39 is 5.97 Å². The molecule has 17 heavy (non-hydrogen) atoms. The summed E-state index contributed by atoms with van der Waals surface area (Å²) in [4.78, 5) is 21.7. The second-order valence-corrected chi connectivity index (χ2v) is 3.92. The van der Waals surface area contributed by atoms with E-state index >= 15 is 0 Å². The molecule has 88 valence electrons. The van der Waals surface area contributed by atoms with Gasteiger partial charge in [0.2, 0.25) is 5.91 Å². The Balaban J connectivity index is 1.91. The maximum Gasteiger partial charge on any atom is 0.243 e. The third-order valence-corrected chi connectivity index (χ3v) is 2.48. The van der Waals surface area contributed by atoms with Gasteiger partial charge in [-0.3, -0.25) is 4.79 Å². The molecular formula is C12H11N2O3-. The molecule has 1 aromatic rings. The summed E-state index contributed by atoms with van der Waals surface area (Å²) in [6.07, 6.45) is 3.34. The van der Waals surface area contributed by atoms with E-state index in [2.05, 4.69) is 10.5 Å². The topological polar surface area (TPSA) is 81.6 Å². The summed E-state index contributed by atoms with van der Waals surface area (Å²) >= 11 is 0. The number of carbonyl (C=O) groups is 2. The van der Waals surface area contributed by atoms with E-state index in [1.165, 1.54) is 18.3 Å². The molecule has 0 aliphatic heterocycles. The van der Waals surface area contributed by atoms with Crippen LogP contribution in [0.5, 0.6) is 0 Å². The van der Waals surface area contributed by atoms with Crippen molar-refractivity contribution in [1.82, 2.24) is 5.43 Å². The largest absolute Gasteiger partial charge is 0.545 e. The van der Waals surface area contributed by atoms with Crippen LogP contribution in [-0.2, 0) is 4.79 Å². The van der Waals surface area contributed by atoms with E-state index in [1.54, 1.807) is 12.1 Å². The fraction of sp³-hybridized carbons (Fsp3) is 0.250. The van der Waals surface area contributed by atoms with Gasteiger partial charge in [0, 0.05) is 5.92 Å². The minimum atomic E-state index is -1.21. The molecule has 2 rings (SSSR count). The Kier molecular flexibility index (Phi) is 3.18. The quantitative estimate of drug-likeness (QED) is 0.580. The standard InChI is InChI=1S/C12H12N2O3/c15-11(9-5-6-9)14-13-7-8-1-3-10(4-2-8)12(16)17/h1-4,7,9H,5-6H2,(H,14,15)(H,16,17)/p-1/b13-7-. The molecule has 0 bridgehead atoms. The summed E-state index contributed by atoms with van der Waals surface area (Å²) < 4.78 is 0. The van der Waals surface area contributed by atoms with Gasteiger partial charge in [-0.2, -0.15) is 5.10 Å². The van der Waals surface area contributed by atoms with Gasteiger partial charge >= 0.3 is 0 Å². The highest BCUT2D eigenvalue weighted by atomic mass is 16.4. The summed E-state index contributed by atoms with van der Waals surface area (Å²) in [5.41, 5.74) is 3.26. The molecule has 5 nitrogen and oxygen atoms in total. The predicted molar refractivity (Wildman–Crippen MR) is 59.2 cm³/mol. The van der Waals surface area contributed by atoms with Crippen LogP contribution in [0.4, 0.5) is 0 Å². The van der Waals surface area contributed by atoms with Crippen LogP contribution in [0.3, 0.4) is 0 Å². The highest BCUT2D eigenvalue weighted by molar-refractivity contribution is 5.88. The van der Waals surface area contributed by atoms with Crippen molar-refractivity contribution < 1.29 is 14.7 Å². The van der Waals surface area contributed by atoms with Crippen LogP contribution < -0.4 is 10.5 Å². The highest BCUT2D eigenvalue weighted by Crippen LogP contribution is 2.28. The van der Waals surface area contributed by atoms with Crippen LogP contribution in [0, 0.1) is 5.92 Å². The summed E-state index contributed by atoms with van der Waals surface area (Å²) in [5, 5.41) is 14.3. The molecule has 1 aliphatic rings. The van der Waals surface area contributed by atoms with Crippen molar-refractivity contribution in [2.75, 3.05) is 0 Å². The van der Waals surface area contributed by atoms with E-state index in [0.29, 0.717) is 5.56 Å². The van der Waals surface area contributed by atoms with Crippen LogP contribution in [0.2, 0.25) is 0 Å². The Morgan fingerprint density at radius 1 is 1.29 bits per heavy atom. The Bertz CT molecular complexity index is 461. The van der Waals surface area contributed by atoms with Crippen molar-refractivity contribution in [2.45, 2.75) is 12.8 Å². The molecule has 0 spiro atoms. The number of hydrogen-bond acceptors (Lipinski definition) is 4. The SMILES string of the molecule is O=C([O-])c1ccc(/C=N\NC(=O)C2CC2)cc1. The van der Waals surface area contributed by atoms with Gasteiger partial charge in [-0.25, -0.2) is 5.43 Å². The number of amides is 1. The zero-order valence-corrected chi connectivity index (χ0v) is 9.05. The molecule has 1 amide bonds. The molecule has 0 saturated heterocycles. The molecule has 0 aromatic heterocycles. The van der Waals surface area contributed by atoms with Gasteiger partial charge in [-0.15, -0.1) is 0 Å².